The zero-order valence-electron chi connectivity index (χ0n) is 11.1. The van der Waals surface area contributed by atoms with E-state index >= 15 is 0 Å². The zero-order chi connectivity index (χ0) is 13.8. The van der Waals surface area contributed by atoms with E-state index in [1.165, 1.54) is 0 Å². The SMILES string of the molecule is CCn1cccc1C(=O)N1CCN(CC(=O)O)CC1. The first kappa shape index (κ1) is 13.6. The molecule has 6 heteroatoms. The summed E-state index contributed by atoms with van der Waals surface area (Å²) in [7, 11) is 0. The molecule has 2 heterocycles. The van der Waals surface area contributed by atoms with E-state index in [0.29, 0.717) is 31.9 Å². The molecule has 0 aliphatic carbocycles. The molecule has 0 aromatic carbocycles. The van der Waals surface area contributed by atoms with Crippen LogP contribution in [-0.2, 0) is 11.3 Å². The largest absolute Gasteiger partial charge is 0.480 e. The van der Waals surface area contributed by atoms with Crippen LogP contribution in [0, 0.1) is 0 Å². The van der Waals surface area contributed by atoms with Crippen LogP contribution in [0.15, 0.2) is 18.3 Å². The molecule has 19 heavy (non-hydrogen) atoms. The lowest BCUT2D eigenvalue weighted by Gasteiger charge is -2.33. The Kier molecular flexibility index (Phi) is 4.21. The Hall–Kier alpha value is -1.82. The minimum absolute atomic E-state index is 0.0295. The van der Waals surface area contributed by atoms with Crippen LogP contribution in [0.25, 0.3) is 0 Å². The first-order valence-electron chi connectivity index (χ1n) is 6.50. The van der Waals surface area contributed by atoms with E-state index in [2.05, 4.69) is 0 Å². The summed E-state index contributed by atoms with van der Waals surface area (Å²) in [6.45, 7) is 5.22. The van der Waals surface area contributed by atoms with Crippen LogP contribution >= 0.6 is 0 Å². The lowest BCUT2D eigenvalue weighted by Crippen LogP contribution is -2.50. The fourth-order valence-corrected chi connectivity index (χ4v) is 2.35. The molecule has 1 aromatic heterocycles. The molecular weight excluding hydrogens is 246 g/mol. The zero-order valence-corrected chi connectivity index (χ0v) is 11.1. The Morgan fingerprint density at radius 1 is 1.26 bits per heavy atom. The van der Waals surface area contributed by atoms with Gasteiger partial charge in [-0.2, -0.15) is 0 Å². The number of carbonyl (C=O) groups is 2. The second kappa shape index (κ2) is 5.88. The molecule has 6 nitrogen and oxygen atoms in total. The average molecular weight is 265 g/mol. The maximum absolute atomic E-state index is 12.3. The lowest BCUT2D eigenvalue weighted by atomic mass is 10.2. The highest BCUT2D eigenvalue weighted by molar-refractivity contribution is 5.92. The van der Waals surface area contributed by atoms with Crippen molar-refractivity contribution in [1.82, 2.24) is 14.4 Å². The molecule has 104 valence electrons. The summed E-state index contributed by atoms with van der Waals surface area (Å²) < 4.78 is 1.92. The number of rotatable bonds is 4. The first-order valence-corrected chi connectivity index (χ1v) is 6.50. The van der Waals surface area contributed by atoms with Crippen molar-refractivity contribution in [2.75, 3.05) is 32.7 Å². The van der Waals surface area contributed by atoms with Gasteiger partial charge in [-0.15, -0.1) is 0 Å². The van der Waals surface area contributed by atoms with Gasteiger partial charge in [-0.05, 0) is 19.1 Å². The molecule has 1 N–H and O–H groups in total. The van der Waals surface area contributed by atoms with Crippen LogP contribution in [0.4, 0.5) is 0 Å². The molecule has 0 unspecified atom stereocenters. The molecule has 0 radical (unpaired) electrons. The van der Waals surface area contributed by atoms with E-state index in [1.807, 2.05) is 34.7 Å². The van der Waals surface area contributed by atoms with Crippen molar-refractivity contribution in [3.63, 3.8) is 0 Å². The summed E-state index contributed by atoms with van der Waals surface area (Å²) in [4.78, 5) is 26.6. The van der Waals surface area contributed by atoms with Crippen LogP contribution in [0.2, 0.25) is 0 Å². The Bertz CT molecular complexity index is 461. The van der Waals surface area contributed by atoms with E-state index in [-0.39, 0.29) is 12.5 Å². The van der Waals surface area contributed by atoms with Gasteiger partial charge in [0, 0.05) is 38.9 Å². The van der Waals surface area contributed by atoms with Crippen LogP contribution < -0.4 is 0 Å². The third-order valence-electron chi connectivity index (χ3n) is 3.41. The maximum atomic E-state index is 12.3. The van der Waals surface area contributed by atoms with Gasteiger partial charge in [0.2, 0.25) is 0 Å². The molecule has 1 amide bonds. The second-order valence-corrected chi connectivity index (χ2v) is 4.64. The topological polar surface area (TPSA) is 65.8 Å². The number of aromatic nitrogens is 1. The molecule has 1 saturated heterocycles. The number of aryl methyl sites for hydroxylation is 1. The smallest absolute Gasteiger partial charge is 0.317 e. The van der Waals surface area contributed by atoms with Crippen molar-refractivity contribution in [3.05, 3.63) is 24.0 Å². The highest BCUT2D eigenvalue weighted by atomic mass is 16.4. The average Bonchev–Trinajstić information content (AvgIpc) is 2.86. The molecule has 1 aromatic rings. The summed E-state index contributed by atoms with van der Waals surface area (Å²) >= 11 is 0. The fourth-order valence-electron chi connectivity index (χ4n) is 2.35. The van der Waals surface area contributed by atoms with Crippen molar-refractivity contribution in [2.24, 2.45) is 0 Å². The molecule has 0 saturated carbocycles. The summed E-state index contributed by atoms with van der Waals surface area (Å²) in [5.41, 5.74) is 0.703. The summed E-state index contributed by atoms with van der Waals surface area (Å²) in [5.74, 6) is -0.790. The van der Waals surface area contributed by atoms with Crippen molar-refractivity contribution in [3.8, 4) is 0 Å². The molecule has 1 aliphatic rings. The third kappa shape index (κ3) is 3.14. The summed E-state index contributed by atoms with van der Waals surface area (Å²) in [5, 5.41) is 8.73. The monoisotopic (exact) mass is 265 g/mol. The minimum Gasteiger partial charge on any atom is -0.480 e. The van der Waals surface area contributed by atoms with Gasteiger partial charge in [0.15, 0.2) is 0 Å². The van der Waals surface area contributed by atoms with Gasteiger partial charge in [-0.3, -0.25) is 14.5 Å². The van der Waals surface area contributed by atoms with E-state index < -0.39 is 5.97 Å². The van der Waals surface area contributed by atoms with Crippen molar-refractivity contribution < 1.29 is 14.7 Å². The predicted molar refractivity (Wildman–Crippen MR) is 70.1 cm³/mol. The Morgan fingerprint density at radius 3 is 2.53 bits per heavy atom. The van der Waals surface area contributed by atoms with Gasteiger partial charge in [0.1, 0.15) is 5.69 Å². The molecular formula is C13H19N3O3. The fraction of sp³-hybridized carbons (Fsp3) is 0.538. The molecule has 0 spiro atoms. The van der Waals surface area contributed by atoms with Crippen LogP contribution in [0.5, 0.6) is 0 Å². The van der Waals surface area contributed by atoms with Crippen molar-refractivity contribution in [2.45, 2.75) is 13.5 Å². The number of carboxylic acid groups (broad SMARTS) is 1. The normalized spacial score (nSPS) is 16.6. The number of amides is 1. The van der Waals surface area contributed by atoms with E-state index in [1.54, 1.807) is 4.90 Å². The van der Waals surface area contributed by atoms with Gasteiger partial charge < -0.3 is 14.6 Å². The standard InChI is InChI=1S/C13H19N3O3/c1-2-15-5-3-4-11(15)13(19)16-8-6-14(7-9-16)10-12(17)18/h3-5H,2,6-10H2,1H3,(H,17,18). The number of carboxylic acids is 1. The van der Waals surface area contributed by atoms with Crippen molar-refractivity contribution in [1.29, 1.82) is 0 Å². The highest BCUT2D eigenvalue weighted by Gasteiger charge is 2.24. The van der Waals surface area contributed by atoms with E-state index in [0.717, 1.165) is 6.54 Å². The predicted octanol–water partition coefficient (Wildman–Crippen LogP) is 0.350. The maximum Gasteiger partial charge on any atom is 0.317 e. The van der Waals surface area contributed by atoms with Crippen LogP contribution in [0.3, 0.4) is 0 Å². The van der Waals surface area contributed by atoms with Crippen molar-refractivity contribution >= 4 is 11.9 Å². The number of carbonyl (C=O) groups excluding carboxylic acids is 1. The molecule has 1 aliphatic heterocycles. The molecule has 2 rings (SSSR count). The third-order valence-corrected chi connectivity index (χ3v) is 3.41. The van der Waals surface area contributed by atoms with E-state index in [9.17, 15) is 9.59 Å². The van der Waals surface area contributed by atoms with Gasteiger partial charge in [-0.1, -0.05) is 0 Å². The Morgan fingerprint density at radius 2 is 1.95 bits per heavy atom. The number of hydrogen-bond acceptors (Lipinski definition) is 3. The molecule has 0 bridgehead atoms. The minimum atomic E-state index is -0.820. The van der Waals surface area contributed by atoms with Gasteiger partial charge in [0.05, 0.1) is 6.54 Å². The highest BCUT2D eigenvalue weighted by Crippen LogP contribution is 2.10. The van der Waals surface area contributed by atoms with Crippen LogP contribution in [-0.4, -0.2) is 64.1 Å². The lowest BCUT2D eigenvalue weighted by molar-refractivity contribution is -0.138. The number of piperazine rings is 1. The molecule has 0 atom stereocenters. The molecule has 1 fully saturated rings. The second-order valence-electron chi connectivity index (χ2n) is 4.64. The summed E-state index contributed by atoms with van der Waals surface area (Å²) in [6, 6.07) is 3.70. The Labute approximate surface area is 112 Å². The van der Waals surface area contributed by atoms with E-state index in [4.69, 9.17) is 5.11 Å². The first-order chi connectivity index (χ1) is 9.11. The van der Waals surface area contributed by atoms with Gasteiger partial charge in [0.25, 0.3) is 5.91 Å². The number of nitrogens with zero attached hydrogens (tertiary/aromatic N) is 3. The van der Waals surface area contributed by atoms with Gasteiger partial charge >= 0.3 is 5.97 Å². The number of aliphatic carboxylic acids is 1. The number of hydrogen-bond donors (Lipinski definition) is 1. The Balaban J connectivity index is 1.94. The quantitative estimate of drug-likeness (QED) is 0.853. The summed E-state index contributed by atoms with van der Waals surface area (Å²) in [6.07, 6.45) is 1.90. The van der Waals surface area contributed by atoms with Crippen LogP contribution in [0.1, 0.15) is 17.4 Å². The van der Waals surface area contributed by atoms with Gasteiger partial charge in [-0.25, -0.2) is 0 Å².